The normalized spacial score (nSPS) is 11.5. The largest absolute Gasteiger partial charge is 0.493 e. The first kappa shape index (κ1) is 35.2. The van der Waals surface area contributed by atoms with Gasteiger partial charge in [-0.15, -0.1) is 0 Å². The molecule has 0 unspecified atom stereocenters. The number of hydrogen-bond acceptors (Lipinski definition) is 8. The summed E-state index contributed by atoms with van der Waals surface area (Å²) in [4.78, 5) is 18.6. The van der Waals surface area contributed by atoms with Crippen molar-refractivity contribution in [2.45, 2.75) is 58.5 Å². The molecule has 2 N–H and O–H groups in total. The van der Waals surface area contributed by atoms with Crippen LogP contribution in [0.1, 0.15) is 57.5 Å². The molecule has 0 saturated carbocycles. The second-order valence-electron chi connectivity index (χ2n) is 12.4. The Hall–Kier alpha value is -5.62. The molecule has 264 valence electrons. The molecule has 12 heteroatoms. The lowest BCUT2D eigenvalue weighted by atomic mass is 10.0. The van der Waals surface area contributed by atoms with Crippen molar-refractivity contribution < 1.29 is 27.2 Å². The molecule has 51 heavy (non-hydrogen) atoms. The lowest BCUT2D eigenvalue weighted by molar-refractivity contribution is 0.0951. The number of nitrogens with zero attached hydrogens (tertiary/aromatic N) is 3. The number of rotatable bonds is 13. The molecular weight excluding hydrogens is 667 g/mol. The van der Waals surface area contributed by atoms with Crippen LogP contribution in [0.2, 0.25) is 0 Å². The summed E-state index contributed by atoms with van der Waals surface area (Å²) in [6, 6.07) is 24.0. The zero-order valence-corrected chi connectivity index (χ0v) is 30.3. The van der Waals surface area contributed by atoms with E-state index in [2.05, 4.69) is 26.7 Å². The van der Waals surface area contributed by atoms with E-state index in [1.165, 1.54) is 0 Å². The number of imidazole rings is 1. The third-order valence-corrected chi connectivity index (χ3v) is 10.3. The Kier molecular flexibility index (Phi) is 10.1. The van der Waals surface area contributed by atoms with Crippen LogP contribution in [0.3, 0.4) is 0 Å². The zero-order valence-electron chi connectivity index (χ0n) is 29.5. The SMILES string of the molecule is CCCc1nc2c(C)cc(C(=O)NCc3ccc(OC)c(OC)c3)cc2n1Cc1ccc(-c2ccccc2S(=O)(=O)Nc2onc(C)c2C)cc1. The Balaban J connectivity index is 1.26. The molecule has 11 nitrogen and oxygen atoms in total. The van der Waals surface area contributed by atoms with Gasteiger partial charge in [-0.05, 0) is 79.8 Å². The van der Waals surface area contributed by atoms with Gasteiger partial charge in [0.2, 0.25) is 5.88 Å². The van der Waals surface area contributed by atoms with Crippen molar-refractivity contribution in [3.63, 3.8) is 0 Å². The van der Waals surface area contributed by atoms with Crippen LogP contribution in [-0.2, 0) is 29.5 Å². The van der Waals surface area contributed by atoms with Gasteiger partial charge in [0, 0.05) is 36.2 Å². The molecule has 2 heterocycles. The Morgan fingerprint density at radius 1 is 0.902 bits per heavy atom. The number of hydrogen-bond donors (Lipinski definition) is 2. The Bertz CT molecular complexity index is 2330. The quantitative estimate of drug-likeness (QED) is 0.127. The van der Waals surface area contributed by atoms with Crippen molar-refractivity contribution in [3.8, 4) is 22.6 Å². The molecule has 0 aliphatic heterocycles. The van der Waals surface area contributed by atoms with Gasteiger partial charge >= 0.3 is 0 Å². The predicted molar refractivity (Wildman–Crippen MR) is 197 cm³/mol. The highest BCUT2D eigenvalue weighted by molar-refractivity contribution is 7.92. The molecule has 4 aromatic carbocycles. The lowest BCUT2D eigenvalue weighted by Crippen LogP contribution is -2.23. The molecule has 0 bridgehead atoms. The van der Waals surface area contributed by atoms with Crippen molar-refractivity contribution in [2.75, 3.05) is 18.9 Å². The zero-order chi connectivity index (χ0) is 36.3. The average molecular weight is 708 g/mol. The van der Waals surface area contributed by atoms with E-state index in [0.717, 1.165) is 52.0 Å². The van der Waals surface area contributed by atoms with Gasteiger partial charge in [0.05, 0.1) is 35.8 Å². The molecule has 0 saturated heterocycles. The van der Waals surface area contributed by atoms with Gasteiger partial charge in [0.15, 0.2) is 11.5 Å². The van der Waals surface area contributed by atoms with E-state index in [1.54, 1.807) is 46.3 Å². The third kappa shape index (κ3) is 7.32. The van der Waals surface area contributed by atoms with Crippen LogP contribution in [0.5, 0.6) is 11.5 Å². The van der Waals surface area contributed by atoms with Gasteiger partial charge in [-0.3, -0.25) is 4.79 Å². The van der Waals surface area contributed by atoms with E-state index >= 15 is 0 Å². The highest BCUT2D eigenvalue weighted by Crippen LogP contribution is 2.31. The first-order valence-electron chi connectivity index (χ1n) is 16.7. The summed E-state index contributed by atoms with van der Waals surface area (Å²) in [5.41, 5.74) is 7.63. The van der Waals surface area contributed by atoms with Crippen molar-refractivity contribution in [1.82, 2.24) is 20.0 Å². The fraction of sp³-hybridized carbons (Fsp3) is 0.256. The highest BCUT2D eigenvalue weighted by Gasteiger charge is 2.23. The molecule has 0 aliphatic carbocycles. The summed E-state index contributed by atoms with van der Waals surface area (Å²) >= 11 is 0. The highest BCUT2D eigenvalue weighted by atomic mass is 32.2. The average Bonchev–Trinajstić information content (AvgIpc) is 3.64. The summed E-state index contributed by atoms with van der Waals surface area (Å²) < 4.78 is 47.6. The minimum Gasteiger partial charge on any atom is -0.493 e. The maximum Gasteiger partial charge on any atom is 0.264 e. The number of aryl methyl sites for hydroxylation is 3. The van der Waals surface area contributed by atoms with Gasteiger partial charge in [-0.25, -0.2) is 18.1 Å². The molecule has 0 fully saturated rings. The Morgan fingerprint density at radius 3 is 2.31 bits per heavy atom. The Labute approximate surface area is 297 Å². The third-order valence-electron chi connectivity index (χ3n) is 8.93. The van der Waals surface area contributed by atoms with Crippen LogP contribution >= 0.6 is 0 Å². The number of fused-ring (bicyclic) bond motifs is 1. The topological polar surface area (TPSA) is 138 Å². The van der Waals surface area contributed by atoms with E-state index < -0.39 is 10.0 Å². The molecule has 0 atom stereocenters. The van der Waals surface area contributed by atoms with E-state index in [4.69, 9.17) is 19.0 Å². The van der Waals surface area contributed by atoms with Crippen molar-refractivity contribution in [3.05, 3.63) is 118 Å². The summed E-state index contributed by atoms with van der Waals surface area (Å²) in [5.74, 6) is 2.06. The summed E-state index contributed by atoms with van der Waals surface area (Å²) in [7, 11) is -0.805. The lowest BCUT2D eigenvalue weighted by Gasteiger charge is -2.13. The maximum atomic E-state index is 13.5. The second kappa shape index (κ2) is 14.7. The second-order valence-corrected chi connectivity index (χ2v) is 14.1. The molecule has 0 aliphatic rings. The number of carbonyl (C=O) groups is 1. The van der Waals surface area contributed by atoms with E-state index in [9.17, 15) is 13.2 Å². The van der Waals surface area contributed by atoms with Crippen LogP contribution in [0, 0.1) is 20.8 Å². The minimum absolute atomic E-state index is 0.0990. The number of anilines is 1. The molecule has 0 spiro atoms. The minimum atomic E-state index is -3.97. The molecule has 6 rings (SSSR count). The predicted octanol–water partition coefficient (Wildman–Crippen LogP) is 7.37. The number of methoxy groups -OCH3 is 2. The summed E-state index contributed by atoms with van der Waals surface area (Å²) in [6.45, 7) is 8.44. The van der Waals surface area contributed by atoms with Crippen molar-refractivity contribution in [2.24, 2.45) is 0 Å². The van der Waals surface area contributed by atoms with Crippen LogP contribution in [0.4, 0.5) is 5.88 Å². The number of aromatic nitrogens is 3. The molecule has 2 aromatic heterocycles. The van der Waals surface area contributed by atoms with Crippen LogP contribution in [-0.4, -0.2) is 43.3 Å². The van der Waals surface area contributed by atoms with Gasteiger partial charge < -0.3 is 23.9 Å². The number of benzene rings is 4. The number of nitrogens with one attached hydrogen (secondary N) is 2. The van der Waals surface area contributed by atoms with Crippen LogP contribution in [0.15, 0.2) is 88.3 Å². The van der Waals surface area contributed by atoms with Gasteiger partial charge in [-0.2, -0.15) is 0 Å². The van der Waals surface area contributed by atoms with Crippen LogP contribution in [0.25, 0.3) is 22.2 Å². The number of amides is 1. The standard InChI is InChI=1S/C39H41N5O6S/c1-7-10-36-41-37-24(2)19-30(38(45)40-22-28-15-18-33(48-5)34(20-28)49-6)21-32(37)44(36)23-27-13-16-29(17-14-27)31-11-8-9-12-35(31)51(46,47)43-39-25(3)26(4)42-50-39/h8-9,11-21,43H,7,10,22-23H2,1-6H3,(H,40,45). The van der Waals surface area contributed by atoms with Crippen molar-refractivity contribution in [1.29, 1.82) is 0 Å². The summed E-state index contributed by atoms with van der Waals surface area (Å²) in [5, 5.41) is 6.89. The first-order valence-corrected chi connectivity index (χ1v) is 18.1. The fourth-order valence-electron chi connectivity index (χ4n) is 6.04. The monoisotopic (exact) mass is 707 g/mol. The molecular formula is C39H41N5O6S. The van der Waals surface area contributed by atoms with E-state index in [0.29, 0.717) is 47.0 Å². The van der Waals surface area contributed by atoms with Gasteiger partial charge in [-0.1, -0.05) is 60.6 Å². The van der Waals surface area contributed by atoms with E-state index in [-0.39, 0.29) is 16.7 Å². The molecule has 6 aromatic rings. The number of ether oxygens (including phenoxy) is 2. The van der Waals surface area contributed by atoms with E-state index in [1.807, 2.05) is 67.6 Å². The van der Waals surface area contributed by atoms with Gasteiger partial charge in [0.25, 0.3) is 15.9 Å². The van der Waals surface area contributed by atoms with Crippen LogP contribution < -0.4 is 19.5 Å². The molecule has 0 radical (unpaired) electrons. The van der Waals surface area contributed by atoms with Crippen molar-refractivity contribution >= 4 is 32.8 Å². The summed E-state index contributed by atoms with van der Waals surface area (Å²) in [6.07, 6.45) is 1.68. The first-order chi connectivity index (χ1) is 24.5. The smallest absolute Gasteiger partial charge is 0.264 e. The van der Waals surface area contributed by atoms with Gasteiger partial charge in [0.1, 0.15) is 5.82 Å². The number of carbonyl (C=O) groups excluding carboxylic acids is 1. The number of sulfonamides is 1. The molecule has 1 amide bonds. The fourth-order valence-corrected chi connectivity index (χ4v) is 7.31. The Morgan fingerprint density at radius 2 is 1.63 bits per heavy atom. The maximum absolute atomic E-state index is 13.5.